The Morgan fingerprint density at radius 1 is 1.00 bits per heavy atom. The highest BCUT2D eigenvalue weighted by molar-refractivity contribution is 5.79. The van der Waals surface area contributed by atoms with Crippen molar-refractivity contribution in [1.29, 1.82) is 0 Å². The maximum absolute atomic E-state index is 12.9. The number of amides is 1. The molecule has 3 heterocycles. The fourth-order valence-corrected chi connectivity index (χ4v) is 4.54. The van der Waals surface area contributed by atoms with Gasteiger partial charge in [-0.2, -0.15) is 0 Å². The van der Waals surface area contributed by atoms with E-state index in [4.69, 9.17) is 0 Å². The van der Waals surface area contributed by atoms with Crippen LogP contribution in [0.1, 0.15) is 33.1 Å². The van der Waals surface area contributed by atoms with Crippen LogP contribution in [0.15, 0.2) is 47.4 Å². The number of carbonyl (C=O) groups is 1. The molecule has 1 aliphatic heterocycles. The molecular weight excluding hydrogens is 338 g/mol. The molecule has 1 aromatic carbocycles. The van der Waals surface area contributed by atoms with Crippen molar-refractivity contribution in [2.24, 2.45) is 11.8 Å². The van der Waals surface area contributed by atoms with Crippen molar-refractivity contribution < 1.29 is 4.79 Å². The Labute approximate surface area is 159 Å². The number of fused-ring (bicyclic) bond motifs is 3. The molecule has 1 saturated heterocycles. The minimum atomic E-state index is 0.00589. The summed E-state index contributed by atoms with van der Waals surface area (Å²) in [5.74, 6) is 1.36. The van der Waals surface area contributed by atoms with Crippen molar-refractivity contribution in [2.45, 2.75) is 39.7 Å². The predicted molar refractivity (Wildman–Crippen MR) is 108 cm³/mol. The minimum Gasteiger partial charge on any atom is -0.342 e. The summed E-state index contributed by atoms with van der Waals surface area (Å²) in [6, 6.07) is 11.7. The van der Waals surface area contributed by atoms with Crippen LogP contribution in [-0.2, 0) is 11.3 Å². The molecule has 1 fully saturated rings. The van der Waals surface area contributed by atoms with Gasteiger partial charge in [-0.25, -0.2) is 0 Å². The molecule has 3 aromatic rings. The van der Waals surface area contributed by atoms with E-state index in [0.717, 1.165) is 24.1 Å². The quantitative estimate of drug-likeness (QED) is 0.710. The molecule has 27 heavy (non-hydrogen) atoms. The topological polar surface area (TPSA) is 46.7 Å². The molecule has 5 heteroatoms. The molecule has 142 valence electrons. The molecule has 4 rings (SSSR count). The van der Waals surface area contributed by atoms with Crippen LogP contribution in [0.25, 0.3) is 16.6 Å². The van der Waals surface area contributed by atoms with Crippen molar-refractivity contribution in [3.8, 4) is 0 Å². The second-order valence-corrected chi connectivity index (χ2v) is 8.06. The average molecular weight is 365 g/mol. The zero-order chi connectivity index (χ0) is 19.0. The molecule has 2 aromatic heterocycles. The van der Waals surface area contributed by atoms with E-state index in [9.17, 15) is 9.59 Å². The van der Waals surface area contributed by atoms with Gasteiger partial charge in [0.15, 0.2) is 0 Å². The highest BCUT2D eigenvalue weighted by Gasteiger charge is 2.25. The lowest BCUT2D eigenvalue weighted by Gasteiger charge is -2.35. The molecule has 0 aliphatic carbocycles. The Morgan fingerprint density at radius 2 is 1.67 bits per heavy atom. The highest BCUT2D eigenvalue weighted by Crippen LogP contribution is 2.22. The summed E-state index contributed by atoms with van der Waals surface area (Å²) in [7, 11) is 0. The number of aryl methyl sites for hydroxylation is 1. The van der Waals surface area contributed by atoms with Gasteiger partial charge in [0.05, 0.1) is 11.0 Å². The maximum atomic E-state index is 12.9. The summed E-state index contributed by atoms with van der Waals surface area (Å²) in [6.07, 6.45) is 4.29. The van der Waals surface area contributed by atoms with E-state index < -0.39 is 0 Å². The second kappa shape index (κ2) is 7.22. The normalized spacial score (nSPS) is 20.4. The van der Waals surface area contributed by atoms with Crippen LogP contribution in [0, 0.1) is 11.8 Å². The first-order valence-corrected chi connectivity index (χ1v) is 9.91. The van der Waals surface area contributed by atoms with Gasteiger partial charge in [-0.1, -0.05) is 26.0 Å². The summed E-state index contributed by atoms with van der Waals surface area (Å²) in [5, 5.41) is 0. The number of aromatic nitrogens is 2. The Balaban J connectivity index is 1.53. The fourth-order valence-electron chi connectivity index (χ4n) is 4.54. The summed E-state index contributed by atoms with van der Waals surface area (Å²) in [6.45, 7) is 6.72. The van der Waals surface area contributed by atoms with Gasteiger partial charge in [0, 0.05) is 32.3 Å². The number of nitrogens with zero attached hydrogens (tertiary/aromatic N) is 3. The first-order valence-electron chi connectivity index (χ1n) is 9.91. The number of hydrogen-bond donors (Lipinski definition) is 0. The van der Waals surface area contributed by atoms with Gasteiger partial charge in [0.25, 0.3) is 5.56 Å². The van der Waals surface area contributed by atoms with Crippen LogP contribution >= 0.6 is 0 Å². The van der Waals surface area contributed by atoms with Gasteiger partial charge < -0.3 is 13.9 Å². The Bertz CT molecular complexity index is 1020. The van der Waals surface area contributed by atoms with Crippen molar-refractivity contribution in [3.05, 3.63) is 52.9 Å². The molecule has 0 radical (unpaired) electrons. The number of hydrogen-bond acceptors (Lipinski definition) is 2. The van der Waals surface area contributed by atoms with E-state index in [1.165, 1.54) is 6.42 Å². The third-order valence-electron chi connectivity index (χ3n) is 5.64. The van der Waals surface area contributed by atoms with E-state index in [1.807, 2.05) is 56.5 Å². The van der Waals surface area contributed by atoms with Crippen LogP contribution in [0.5, 0.6) is 0 Å². The molecule has 0 N–H and O–H groups in total. The monoisotopic (exact) mass is 365 g/mol. The standard InChI is InChI=1S/C22H27N3O2/c1-16-13-17(2)15-23(14-16)21(26)10-6-12-25-19-8-4-3-7-18(19)24-11-5-9-20(24)22(25)27/h3-5,7-9,11,16-17H,6,10,12-15H2,1-2H3/t16-,17-/m1/s1. The van der Waals surface area contributed by atoms with Gasteiger partial charge in [-0.15, -0.1) is 0 Å². The molecule has 0 unspecified atom stereocenters. The molecule has 1 amide bonds. The van der Waals surface area contributed by atoms with Gasteiger partial charge >= 0.3 is 0 Å². The number of carbonyl (C=O) groups excluding carboxylic acids is 1. The van der Waals surface area contributed by atoms with Gasteiger partial charge in [-0.3, -0.25) is 9.59 Å². The van der Waals surface area contributed by atoms with Crippen molar-refractivity contribution in [2.75, 3.05) is 13.1 Å². The van der Waals surface area contributed by atoms with E-state index in [1.54, 1.807) is 0 Å². The second-order valence-electron chi connectivity index (χ2n) is 8.06. The lowest BCUT2D eigenvalue weighted by molar-refractivity contribution is -0.134. The maximum Gasteiger partial charge on any atom is 0.275 e. The number of benzene rings is 1. The molecule has 0 bridgehead atoms. The predicted octanol–water partition coefficient (Wildman–Crippen LogP) is 3.54. The largest absolute Gasteiger partial charge is 0.342 e. The smallest absolute Gasteiger partial charge is 0.275 e. The number of rotatable bonds is 4. The van der Waals surface area contributed by atoms with Crippen LogP contribution in [0.4, 0.5) is 0 Å². The van der Waals surface area contributed by atoms with Crippen molar-refractivity contribution in [1.82, 2.24) is 13.9 Å². The third kappa shape index (κ3) is 3.38. The zero-order valence-electron chi connectivity index (χ0n) is 16.1. The van der Waals surface area contributed by atoms with Crippen LogP contribution in [-0.4, -0.2) is 32.9 Å². The Kier molecular flexibility index (Phi) is 4.77. The van der Waals surface area contributed by atoms with Gasteiger partial charge in [0.1, 0.15) is 5.52 Å². The molecule has 1 aliphatic rings. The third-order valence-corrected chi connectivity index (χ3v) is 5.64. The summed E-state index contributed by atoms with van der Waals surface area (Å²) in [5.41, 5.74) is 2.62. The average Bonchev–Trinajstić information content (AvgIpc) is 3.14. The molecule has 0 spiro atoms. The van der Waals surface area contributed by atoms with E-state index >= 15 is 0 Å². The summed E-state index contributed by atoms with van der Waals surface area (Å²) < 4.78 is 3.76. The van der Waals surface area contributed by atoms with Crippen LogP contribution in [0.2, 0.25) is 0 Å². The molecular formula is C22H27N3O2. The van der Waals surface area contributed by atoms with Crippen molar-refractivity contribution >= 4 is 22.5 Å². The molecule has 5 nitrogen and oxygen atoms in total. The van der Waals surface area contributed by atoms with Crippen LogP contribution < -0.4 is 5.56 Å². The number of piperidine rings is 1. The Hall–Kier alpha value is -2.56. The molecule has 0 saturated carbocycles. The highest BCUT2D eigenvalue weighted by atomic mass is 16.2. The first kappa shape index (κ1) is 17.8. The first-order chi connectivity index (χ1) is 13.0. The summed E-state index contributed by atoms with van der Waals surface area (Å²) >= 11 is 0. The fraction of sp³-hybridized carbons (Fsp3) is 0.455. The van der Waals surface area contributed by atoms with E-state index in [2.05, 4.69) is 13.8 Å². The number of likely N-dealkylation sites (tertiary alicyclic amines) is 1. The zero-order valence-corrected chi connectivity index (χ0v) is 16.1. The SMILES string of the molecule is C[C@@H]1C[C@@H](C)CN(C(=O)CCCn2c(=O)c3cccn3c3ccccc32)C1. The van der Waals surface area contributed by atoms with E-state index in [0.29, 0.717) is 36.7 Å². The molecule has 2 atom stereocenters. The number of para-hydroxylation sites is 2. The van der Waals surface area contributed by atoms with E-state index in [-0.39, 0.29) is 11.5 Å². The summed E-state index contributed by atoms with van der Waals surface area (Å²) in [4.78, 5) is 27.6. The van der Waals surface area contributed by atoms with Crippen LogP contribution in [0.3, 0.4) is 0 Å². The Morgan fingerprint density at radius 3 is 2.41 bits per heavy atom. The lowest BCUT2D eigenvalue weighted by Crippen LogP contribution is -2.42. The van der Waals surface area contributed by atoms with Gasteiger partial charge in [0.2, 0.25) is 5.91 Å². The van der Waals surface area contributed by atoms with Crippen molar-refractivity contribution in [3.63, 3.8) is 0 Å². The lowest BCUT2D eigenvalue weighted by atomic mass is 9.91. The van der Waals surface area contributed by atoms with Gasteiger partial charge in [-0.05, 0) is 48.9 Å². The minimum absolute atomic E-state index is 0.00589.